The molecule has 0 aromatic carbocycles. The Morgan fingerprint density at radius 3 is 1.55 bits per heavy atom. The summed E-state index contributed by atoms with van der Waals surface area (Å²) in [7, 11) is -2.51. The summed E-state index contributed by atoms with van der Waals surface area (Å²) in [4.78, 5) is 4.64. The van der Waals surface area contributed by atoms with Gasteiger partial charge in [-0.05, 0) is 26.7 Å². The molecule has 6 heteroatoms. The molecular formula is C5H14N3P2W-. The molecule has 1 heterocycles. The standard InChI is InChI=1S/C5H14N3P2.W/c1-9(2)6-5-7-10(3,4)8-9;/h5H2,1-4H3;/q-1;. The van der Waals surface area contributed by atoms with Gasteiger partial charge in [-0.1, -0.05) is 0 Å². The Morgan fingerprint density at radius 1 is 1.00 bits per heavy atom. The molecule has 1 aliphatic heterocycles. The molecule has 1 rings (SSSR count). The number of hydrogen-bond donors (Lipinski definition) is 0. The van der Waals surface area contributed by atoms with E-state index >= 15 is 0 Å². The van der Waals surface area contributed by atoms with Gasteiger partial charge >= 0.3 is 0 Å². The van der Waals surface area contributed by atoms with Crippen LogP contribution in [0, 0.1) is 0 Å². The summed E-state index contributed by atoms with van der Waals surface area (Å²) < 4.78 is 8.73. The van der Waals surface area contributed by atoms with Crippen molar-refractivity contribution in [2.45, 2.75) is 0 Å². The van der Waals surface area contributed by atoms with E-state index in [2.05, 4.69) is 41.0 Å². The van der Waals surface area contributed by atoms with E-state index < -0.39 is 14.4 Å². The molecule has 0 radical (unpaired) electrons. The van der Waals surface area contributed by atoms with E-state index in [1.54, 1.807) is 0 Å². The van der Waals surface area contributed by atoms with Gasteiger partial charge in [0, 0.05) is 21.1 Å². The third kappa shape index (κ3) is 4.04. The predicted molar refractivity (Wildman–Crippen MR) is 50.6 cm³/mol. The minimum atomic E-state index is -1.25. The summed E-state index contributed by atoms with van der Waals surface area (Å²) in [6.07, 6.45) is 0. The molecule has 0 N–H and O–H groups in total. The topological polar surface area (TPSA) is 38.8 Å². The van der Waals surface area contributed by atoms with Gasteiger partial charge in [0.05, 0.1) is 0 Å². The monoisotopic (exact) mass is 362 g/mol. The van der Waals surface area contributed by atoms with Gasteiger partial charge in [-0.2, -0.15) is 0 Å². The molecule has 0 amide bonds. The Labute approximate surface area is 83.2 Å². The van der Waals surface area contributed by atoms with Crippen LogP contribution < -0.4 is 0 Å². The van der Waals surface area contributed by atoms with Crippen LogP contribution >= 0.6 is 14.4 Å². The molecule has 0 bridgehead atoms. The molecule has 66 valence electrons. The van der Waals surface area contributed by atoms with E-state index in [4.69, 9.17) is 0 Å². The Bertz CT molecular complexity index is 212. The molecule has 0 fully saturated rings. The van der Waals surface area contributed by atoms with Gasteiger partial charge in [-0.3, -0.25) is 0 Å². The molecule has 1 aliphatic rings. The number of nitrogens with zero attached hydrogens (tertiary/aromatic N) is 3. The minimum Gasteiger partial charge on any atom is -0.580 e. The van der Waals surface area contributed by atoms with Crippen molar-refractivity contribution in [1.29, 1.82) is 0 Å². The average Bonchev–Trinajstić information content (AvgIpc) is 1.56. The molecule has 0 unspecified atom stereocenters. The van der Waals surface area contributed by atoms with Crippen molar-refractivity contribution in [1.82, 2.24) is 0 Å². The first-order valence-electron chi connectivity index (χ1n) is 3.22. The van der Waals surface area contributed by atoms with Gasteiger partial charge in [-0.25, -0.2) is 0 Å². The molecule has 0 atom stereocenters. The quantitative estimate of drug-likeness (QED) is 0.595. The van der Waals surface area contributed by atoms with Gasteiger partial charge in [0.2, 0.25) is 0 Å². The van der Waals surface area contributed by atoms with Crippen LogP contribution in [0.2, 0.25) is 0 Å². The maximum atomic E-state index is 4.64. The molecule has 0 aromatic heterocycles. The fraction of sp³-hybridized carbons (Fsp3) is 1.00. The van der Waals surface area contributed by atoms with Crippen LogP contribution in [0.4, 0.5) is 0 Å². The molecule has 11 heavy (non-hydrogen) atoms. The van der Waals surface area contributed by atoms with Crippen molar-refractivity contribution < 1.29 is 21.1 Å². The second-order valence-corrected chi connectivity index (χ2v) is 9.81. The Morgan fingerprint density at radius 2 is 1.36 bits per heavy atom. The fourth-order valence-electron chi connectivity index (χ4n) is 0.930. The van der Waals surface area contributed by atoms with Crippen molar-refractivity contribution >= 4 is 14.4 Å². The van der Waals surface area contributed by atoms with E-state index in [1.807, 2.05) is 0 Å². The molecular weight excluding hydrogens is 348 g/mol. The van der Waals surface area contributed by atoms with E-state index in [9.17, 15) is 0 Å². The zero-order valence-electron chi connectivity index (χ0n) is 7.35. The number of rotatable bonds is 0. The van der Waals surface area contributed by atoms with E-state index in [-0.39, 0.29) is 21.1 Å². The van der Waals surface area contributed by atoms with Crippen LogP contribution in [0.3, 0.4) is 0 Å². The molecule has 0 saturated heterocycles. The Kier molecular flexibility index (Phi) is 4.27. The third-order valence-electron chi connectivity index (χ3n) is 1.26. The summed E-state index contributed by atoms with van der Waals surface area (Å²) in [6.45, 7) is 9.25. The SMILES string of the molecule is CP1(C)=NCN=P(C)(C)[N-]1.[W]. The first kappa shape index (κ1) is 12.1. The first-order chi connectivity index (χ1) is 4.41. The van der Waals surface area contributed by atoms with Crippen molar-refractivity contribution in [2.75, 3.05) is 33.3 Å². The van der Waals surface area contributed by atoms with Crippen LogP contribution in [-0.4, -0.2) is 33.3 Å². The van der Waals surface area contributed by atoms with Crippen LogP contribution in [0.5, 0.6) is 0 Å². The van der Waals surface area contributed by atoms with Crippen LogP contribution in [0.1, 0.15) is 0 Å². The second-order valence-electron chi connectivity index (χ2n) is 3.19. The first-order valence-corrected chi connectivity index (χ1v) is 8.40. The van der Waals surface area contributed by atoms with Gasteiger partial charge in [0.25, 0.3) is 0 Å². The average molecular weight is 362 g/mol. The van der Waals surface area contributed by atoms with Gasteiger partial charge in [0.15, 0.2) is 0 Å². The molecule has 0 aromatic rings. The van der Waals surface area contributed by atoms with Crippen LogP contribution in [0.25, 0.3) is 4.86 Å². The minimum absolute atomic E-state index is 0. The maximum Gasteiger partial charge on any atom is 0.122 e. The smallest absolute Gasteiger partial charge is 0.122 e. The number of hydrogen-bond acceptors (Lipinski definition) is 2. The zero-order valence-corrected chi connectivity index (χ0v) is 12.1. The van der Waals surface area contributed by atoms with Gasteiger partial charge < -0.3 is 14.3 Å². The third-order valence-corrected chi connectivity index (χ3v) is 6.40. The van der Waals surface area contributed by atoms with Crippen LogP contribution in [0.15, 0.2) is 9.49 Å². The van der Waals surface area contributed by atoms with Gasteiger partial charge in [0.1, 0.15) is 6.67 Å². The van der Waals surface area contributed by atoms with E-state index in [0.29, 0.717) is 6.67 Å². The summed E-state index contributed by atoms with van der Waals surface area (Å²) in [5.41, 5.74) is 0. The normalized spacial score (nSPS) is 25.8. The second kappa shape index (κ2) is 3.88. The largest absolute Gasteiger partial charge is 0.580 e. The van der Waals surface area contributed by atoms with Crippen molar-refractivity contribution in [3.63, 3.8) is 0 Å². The van der Waals surface area contributed by atoms with E-state index in [1.165, 1.54) is 0 Å². The van der Waals surface area contributed by atoms with Crippen molar-refractivity contribution in [3.8, 4) is 0 Å². The molecule has 3 nitrogen and oxygen atoms in total. The maximum absolute atomic E-state index is 4.64. The Hall–Kier alpha value is 1.11. The summed E-state index contributed by atoms with van der Waals surface area (Å²) in [5, 5.41) is 0. The zero-order chi connectivity index (χ0) is 7.83. The molecule has 0 saturated carbocycles. The van der Waals surface area contributed by atoms with Crippen molar-refractivity contribution in [2.24, 2.45) is 9.49 Å². The van der Waals surface area contributed by atoms with Gasteiger partial charge in [-0.15, -0.1) is 14.4 Å². The fourth-order valence-corrected chi connectivity index (χ4v) is 6.51. The molecule has 0 aliphatic carbocycles. The molecule has 0 spiro atoms. The van der Waals surface area contributed by atoms with Crippen molar-refractivity contribution in [3.05, 3.63) is 4.86 Å². The van der Waals surface area contributed by atoms with E-state index in [0.717, 1.165) is 0 Å². The predicted octanol–water partition coefficient (Wildman–Crippen LogP) is 3.08. The summed E-state index contributed by atoms with van der Waals surface area (Å²) in [5.74, 6) is 0. The summed E-state index contributed by atoms with van der Waals surface area (Å²) >= 11 is 0. The summed E-state index contributed by atoms with van der Waals surface area (Å²) in [6, 6.07) is 0. The van der Waals surface area contributed by atoms with Crippen LogP contribution in [-0.2, 0) is 21.1 Å². The Balaban J connectivity index is 0.000001000.